The maximum atomic E-state index is 4.67. The van der Waals surface area contributed by atoms with Gasteiger partial charge in [-0.1, -0.05) is 6.07 Å². The Morgan fingerprint density at radius 3 is 2.96 bits per heavy atom. The molecule has 2 aliphatic rings. The van der Waals surface area contributed by atoms with E-state index >= 15 is 0 Å². The Balaban J connectivity index is 1.56. The zero-order chi connectivity index (χ0) is 16.8. The zero-order valence-corrected chi connectivity index (χ0v) is 13.3. The molecule has 0 bridgehead atoms. The van der Waals surface area contributed by atoms with Crippen molar-refractivity contribution in [3.8, 4) is 0 Å². The summed E-state index contributed by atoms with van der Waals surface area (Å²) in [6.07, 6.45) is 6.80. The van der Waals surface area contributed by atoms with E-state index in [1.807, 2.05) is 48.5 Å². The van der Waals surface area contributed by atoms with Crippen LogP contribution in [0.3, 0.4) is 0 Å². The lowest BCUT2D eigenvalue weighted by Gasteiger charge is -2.28. The highest BCUT2D eigenvalue weighted by Crippen LogP contribution is 2.39. The van der Waals surface area contributed by atoms with Crippen molar-refractivity contribution in [3.05, 3.63) is 42.7 Å². The smallest absolute Gasteiger partial charge is 0.235 e. The number of hydrogen-bond acceptors (Lipinski definition) is 8. The number of aliphatic imine (C=N–C) groups is 1. The van der Waals surface area contributed by atoms with Crippen LogP contribution < -0.4 is 10.2 Å². The fourth-order valence-electron chi connectivity index (χ4n) is 2.85. The Labute approximate surface area is 142 Å². The van der Waals surface area contributed by atoms with Gasteiger partial charge in [0.15, 0.2) is 5.82 Å². The number of anilines is 2. The monoisotopic (exact) mass is 331 g/mol. The molecule has 1 N–H and O–H groups in total. The van der Waals surface area contributed by atoms with Gasteiger partial charge >= 0.3 is 0 Å². The van der Waals surface area contributed by atoms with Gasteiger partial charge < -0.3 is 5.32 Å². The second kappa shape index (κ2) is 5.20. The maximum Gasteiger partial charge on any atom is 0.235 e. The van der Waals surface area contributed by atoms with Crippen LogP contribution in [0, 0.1) is 0 Å². The molecule has 2 aromatic heterocycles. The van der Waals surface area contributed by atoms with E-state index < -0.39 is 0 Å². The minimum absolute atomic E-state index is 0.383. The van der Waals surface area contributed by atoms with Crippen LogP contribution in [0.15, 0.2) is 58.0 Å². The van der Waals surface area contributed by atoms with Crippen molar-refractivity contribution in [2.24, 2.45) is 22.3 Å². The van der Waals surface area contributed by atoms with Gasteiger partial charge in [0.05, 0.1) is 22.8 Å². The maximum absolute atomic E-state index is 4.67. The Bertz CT molecular complexity index is 1060. The Morgan fingerprint density at radius 2 is 2.08 bits per heavy atom. The summed E-state index contributed by atoms with van der Waals surface area (Å²) in [5, 5.41) is 16.7. The molecule has 4 heterocycles. The number of azo groups is 1. The average molecular weight is 331 g/mol. The van der Waals surface area contributed by atoms with Crippen LogP contribution in [0.4, 0.5) is 23.3 Å². The minimum Gasteiger partial charge on any atom is -0.331 e. The summed E-state index contributed by atoms with van der Waals surface area (Å²) < 4.78 is 1.74. The summed E-state index contributed by atoms with van der Waals surface area (Å²) in [4.78, 5) is 15.6. The number of aromatic nitrogens is 4. The minimum atomic E-state index is -0.383. The molecule has 0 amide bonds. The molecule has 5 rings (SSSR count). The molecule has 2 aliphatic heterocycles. The first kappa shape index (κ1) is 13.8. The van der Waals surface area contributed by atoms with E-state index in [1.54, 1.807) is 17.1 Å². The number of allylic oxidation sites excluding steroid dienone is 1. The zero-order valence-electron chi connectivity index (χ0n) is 13.3. The van der Waals surface area contributed by atoms with E-state index in [4.69, 9.17) is 0 Å². The number of aryl methyl sites for hydroxylation is 1. The Hall–Kier alpha value is -3.62. The molecule has 9 heteroatoms. The summed E-state index contributed by atoms with van der Waals surface area (Å²) in [5.74, 6) is 1.93. The number of hydrogen-bond donors (Lipinski definition) is 1. The van der Waals surface area contributed by atoms with Crippen LogP contribution in [0.2, 0.25) is 0 Å². The molecule has 122 valence electrons. The van der Waals surface area contributed by atoms with Gasteiger partial charge in [0, 0.05) is 25.5 Å². The van der Waals surface area contributed by atoms with E-state index in [1.165, 1.54) is 0 Å². The third-order valence-electron chi connectivity index (χ3n) is 4.08. The van der Waals surface area contributed by atoms with Crippen LogP contribution in [0.25, 0.3) is 10.9 Å². The van der Waals surface area contributed by atoms with Crippen molar-refractivity contribution < 1.29 is 0 Å². The van der Waals surface area contributed by atoms with Gasteiger partial charge in [-0.05, 0) is 18.2 Å². The van der Waals surface area contributed by atoms with Gasteiger partial charge in [0.1, 0.15) is 5.82 Å². The van der Waals surface area contributed by atoms with Crippen molar-refractivity contribution in [1.29, 1.82) is 0 Å². The highest BCUT2D eigenvalue weighted by molar-refractivity contribution is 5.99. The lowest BCUT2D eigenvalue weighted by atomic mass is 10.2. The van der Waals surface area contributed by atoms with Gasteiger partial charge in [-0.25, -0.2) is 9.98 Å². The van der Waals surface area contributed by atoms with Crippen LogP contribution in [-0.2, 0) is 7.05 Å². The molecule has 9 nitrogen and oxygen atoms in total. The molecule has 1 atom stereocenters. The van der Waals surface area contributed by atoms with Gasteiger partial charge in [-0.15, -0.1) is 10.2 Å². The molecule has 1 aromatic carbocycles. The van der Waals surface area contributed by atoms with Crippen LogP contribution in [-0.4, -0.2) is 32.3 Å². The first-order valence-corrected chi connectivity index (χ1v) is 7.75. The molecular formula is C16H13N9. The number of benzene rings is 1. The first-order valence-electron chi connectivity index (χ1n) is 7.75. The van der Waals surface area contributed by atoms with Crippen molar-refractivity contribution in [1.82, 2.24) is 19.7 Å². The van der Waals surface area contributed by atoms with E-state index in [9.17, 15) is 0 Å². The molecular weight excluding hydrogens is 318 g/mol. The van der Waals surface area contributed by atoms with Crippen molar-refractivity contribution >= 4 is 40.4 Å². The Kier molecular flexibility index (Phi) is 2.87. The first-order chi connectivity index (χ1) is 12.3. The van der Waals surface area contributed by atoms with E-state index in [0.717, 1.165) is 22.4 Å². The van der Waals surface area contributed by atoms with Gasteiger partial charge in [-0.2, -0.15) is 10.1 Å². The standard InChI is InChI=1S/C16H13N9/c1-24-12(6-8-18-24)20-15-17-7-3-9-25(15)16-19-10-4-2-5-11-13(10)14(21-16)23-22-11/h2-9,15,20H,1H3. The third-order valence-corrected chi connectivity index (χ3v) is 4.08. The summed E-state index contributed by atoms with van der Waals surface area (Å²) in [7, 11) is 1.87. The molecule has 25 heavy (non-hydrogen) atoms. The number of nitrogens with zero attached hydrogens (tertiary/aromatic N) is 8. The van der Waals surface area contributed by atoms with Crippen LogP contribution in [0.1, 0.15) is 0 Å². The average Bonchev–Trinajstić information content (AvgIpc) is 3.23. The summed E-state index contributed by atoms with van der Waals surface area (Å²) in [5.41, 5.74) is 1.61. The fourth-order valence-corrected chi connectivity index (χ4v) is 2.85. The predicted molar refractivity (Wildman–Crippen MR) is 94.4 cm³/mol. The normalized spacial score (nSPS) is 17.6. The van der Waals surface area contributed by atoms with Crippen molar-refractivity contribution in [2.45, 2.75) is 6.29 Å². The molecule has 3 aromatic rings. The largest absolute Gasteiger partial charge is 0.331 e. The van der Waals surface area contributed by atoms with E-state index in [-0.39, 0.29) is 6.29 Å². The summed E-state index contributed by atoms with van der Waals surface area (Å²) in [6, 6.07) is 7.64. The second-order valence-corrected chi connectivity index (χ2v) is 5.62. The topological polar surface area (TPSA) is 96.0 Å². The summed E-state index contributed by atoms with van der Waals surface area (Å²) >= 11 is 0. The molecule has 0 saturated carbocycles. The molecule has 0 radical (unpaired) electrons. The van der Waals surface area contributed by atoms with Gasteiger partial charge in [0.25, 0.3) is 0 Å². The number of rotatable bonds is 3. The highest BCUT2D eigenvalue weighted by Gasteiger charge is 2.24. The SMILES string of the molecule is Cn1nccc1NC1N=CC=CN1c1nc2c3c(cccc3n1)N=N2. The lowest BCUT2D eigenvalue weighted by molar-refractivity contribution is 0.705. The summed E-state index contributed by atoms with van der Waals surface area (Å²) in [6.45, 7) is 0. The second-order valence-electron chi connectivity index (χ2n) is 5.62. The Morgan fingerprint density at radius 1 is 1.12 bits per heavy atom. The molecule has 1 unspecified atom stereocenters. The van der Waals surface area contributed by atoms with E-state index in [0.29, 0.717) is 11.8 Å². The molecule has 0 saturated heterocycles. The van der Waals surface area contributed by atoms with Gasteiger partial charge in [0.2, 0.25) is 12.2 Å². The van der Waals surface area contributed by atoms with Crippen molar-refractivity contribution in [3.63, 3.8) is 0 Å². The van der Waals surface area contributed by atoms with Crippen LogP contribution >= 0.6 is 0 Å². The molecule has 0 aliphatic carbocycles. The highest BCUT2D eigenvalue weighted by atomic mass is 15.4. The van der Waals surface area contributed by atoms with Crippen molar-refractivity contribution in [2.75, 3.05) is 10.2 Å². The quantitative estimate of drug-likeness (QED) is 0.622. The molecule has 0 spiro atoms. The fraction of sp³-hybridized carbons (Fsp3) is 0.125. The van der Waals surface area contributed by atoms with Gasteiger partial charge in [-0.3, -0.25) is 9.58 Å². The van der Waals surface area contributed by atoms with E-state index in [2.05, 4.69) is 35.6 Å². The third kappa shape index (κ3) is 2.17. The lowest BCUT2D eigenvalue weighted by Crippen LogP contribution is -2.39. The predicted octanol–water partition coefficient (Wildman–Crippen LogP) is 2.89. The number of nitrogens with one attached hydrogen (secondary N) is 1. The van der Waals surface area contributed by atoms with Crippen LogP contribution in [0.5, 0.6) is 0 Å². The molecule has 0 fully saturated rings.